The molecule has 0 unspecified atom stereocenters. The van der Waals surface area contributed by atoms with Crippen LogP contribution in [0.3, 0.4) is 0 Å². The van der Waals surface area contributed by atoms with Gasteiger partial charge in [0.15, 0.2) is 0 Å². The van der Waals surface area contributed by atoms with E-state index in [0.717, 1.165) is 16.7 Å². The fraction of sp³-hybridized carbons (Fsp3) is 0.308. The fourth-order valence-corrected chi connectivity index (χ4v) is 2.01. The van der Waals surface area contributed by atoms with Crippen molar-refractivity contribution in [3.05, 3.63) is 34.3 Å². The molecule has 2 aromatic heterocycles. The van der Waals surface area contributed by atoms with Crippen molar-refractivity contribution in [3.8, 4) is 0 Å². The Balaban J connectivity index is 3.02. The fourth-order valence-electron chi connectivity index (χ4n) is 2.01. The first-order valence-electron chi connectivity index (χ1n) is 5.79. The standard InChI is InChI=1S/C13H16N4O/c1-5-17-11-10(8(4)15-13(14)16-11)6-9(7(2)3)12(17)18/h6H,2,5H2,1,3-4H3,(H2,14,15,16). The van der Waals surface area contributed by atoms with Crippen LogP contribution in [0.4, 0.5) is 5.95 Å². The minimum atomic E-state index is -0.0880. The molecule has 2 rings (SSSR count). The van der Waals surface area contributed by atoms with E-state index < -0.39 is 0 Å². The summed E-state index contributed by atoms with van der Waals surface area (Å²) in [5.41, 5.74) is 8.23. The highest BCUT2D eigenvalue weighted by Crippen LogP contribution is 2.18. The molecule has 2 N–H and O–H groups in total. The van der Waals surface area contributed by atoms with Crippen molar-refractivity contribution in [3.63, 3.8) is 0 Å². The van der Waals surface area contributed by atoms with Gasteiger partial charge in [-0.3, -0.25) is 9.36 Å². The summed E-state index contributed by atoms with van der Waals surface area (Å²) in [5.74, 6) is 0.185. The lowest BCUT2D eigenvalue weighted by Crippen LogP contribution is -2.24. The molecule has 0 aliphatic carbocycles. The van der Waals surface area contributed by atoms with Gasteiger partial charge in [0.2, 0.25) is 5.95 Å². The smallest absolute Gasteiger partial charge is 0.259 e. The number of aryl methyl sites for hydroxylation is 2. The summed E-state index contributed by atoms with van der Waals surface area (Å²) < 4.78 is 1.60. The number of nitrogens with zero attached hydrogens (tertiary/aromatic N) is 3. The number of aromatic nitrogens is 3. The Hall–Kier alpha value is -2.17. The molecule has 5 heteroatoms. The van der Waals surface area contributed by atoms with Gasteiger partial charge in [0.25, 0.3) is 5.56 Å². The zero-order valence-electron chi connectivity index (χ0n) is 10.8. The molecule has 0 radical (unpaired) electrons. The summed E-state index contributed by atoms with van der Waals surface area (Å²) in [4.78, 5) is 20.6. The molecule has 0 amide bonds. The lowest BCUT2D eigenvalue weighted by molar-refractivity contribution is 0.746. The molecule has 0 bridgehead atoms. The van der Waals surface area contributed by atoms with Crippen molar-refractivity contribution in [2.75, 3.05) is 5.73 Å². The first-order chi connectivity index (χ1) is 8.45. The maximum Gasteiger partial charge on any atom is 0.259 e. The van der Waals surface area contributed by atoms with Gasteiger partial charge in [-0.15, -0.1) is 0 Å². The van der Waals surface area contributed by atoms with Crippen molar-refractivity contribution in [1.29, 1.82) is 0 Å². The van der Waals surface area contributed by atoms with Gasteiger partial charge in [0, 0.05) is 17.5 Å². The summed E-state index contributed by atoms with van der Waals surface area (Å²) in [6.45, 7) is 9.94. The van der Waals surface area contributed by atoms with E-state index in [9.17, 15) is 4.79 Å². The lowest BCUT2D eigenvalue weighted by atomic mass is 10.1. The van der Waals surface area contributed by atoms with E-state index in [-0.39, 0.29) is 11.5 Å². The van der Waals surface area contributed by atoms with E-state index in [2.05, 4.69) is 16.5 Å². The average molecular weight is 244 g/mol. The predicted octanol–water partition coefficient (Wildman–Crippen LogP) is 1.74. The maximum atomic E-state index is 12.3. The van der Waals surface area contributed by atoms with Gasteiger partial charge >= 0.3 is 0 Å². The van der Waals surface area contributed by atoms with Crippen molar-refractivity contribution in [2.45, 2.75) is 27.3 Å². The second kappa shape index (κ2) is 4.25. The molecule has 0 aliphatic heterocycles. The van der Waals surface area contributed by atoms with Gasteiger partial charge in [-0.05, 0) is 32.4 Å². The third kappa shape index (κ3) is 1.77. The van der Waals surface area contributed by atoms with Gasteiger partial charge in [0.05, 0.1) is 5.69 Å². The van der Waals surface area contributed by atoms with Crippen molar-refractivity contribution in [2.24, 2.45) is 0 Å². The minimum Gasteiger partial charge on any atom is -0.368 e. The normalized spacial score (nSPS) is 10.8. The van der Waals surface area contributed by atoms with Crippen LogP contribution in [0.5, 0.6) is 0 Å². The van der Waals surface area contributed by atoms with Crippen LogP contribution in [0.1, 0.15) is 25.1 Å². The molecule has 2 heterocycles. The van der Waals surface area contributed by atoms with Crippen LogP contribution >= 0.6 is 0 Å². The predicted molar refractivity (Wildman–Crippen MR) is 73.3 cm³/mol. The molecule has 0 aromatic carbocycles. The van der Waals surface area contributed by atoms with Crippen molar-refractivity contribution < 1.29 is 0 Å². The van der Waals surface area contributed by atoms with E-state index in [1.165, 1.54) is 0 Å². The van der Waals surface area contributed by atoms with Crippen LogP contribution in [-0.4, -0.2) is 14.5 Å². The minimum absolute atomic E-state index is 0.0880. The van der Waals surface area contributed by atoms with Crippen LogP contribution in [0.25, 0.3) is 16.6 Å². The van der Waals surface area contributed by atoms with E-state index in [1.54, 1.807) is 10.6 Å². The summed E-state index contributed by atoms with van der Waals surface area (Å²) >= 11 is 0. The van der Waals surface area contributed by atoms with Crippen LogP contribution in [0.15, 0.2) is 17.4 Å². The van der Waals surface area contributed by atoms with E-state index in [1.807, 2.05) is 20.8 Å². The van der Waals surface area contributed by atoms with Gasteiger partial charge in [-0.25, -0.2) is 4.98 Å². The van der Waals surface area contributed by atoms with Gasteiger partial charge in [-0.2, -0.15) is 4.98 Å². The molecule has 0 aliphatic rings. The van der Waals surface area contributed by atoms with E-state index in [0.29, 0.717) is 17.8 Å². The molecule has 94 valence electrons. The van der Waals surface area contributed by atoms with Gasteiger partial charge < -0.3 is 5.73 Å². The summed E-state index contributed by atoms with van der Waals surface area (Å²) in [5, 5.41) is 0.837. The second-order valence-electron chi connectivity index (χ2n) is 4.29. The number of rotatable bonds is 2. The van der Waals surface area contributed by atoms with E-state index >= 15 is 0 Å². The van der Waals surface area contributed by atoms with Crippen LogP contribution < -0.4 is 11.3 Å². The molecule has 0 saturated carbocycles. The molecule has 0 fully saturated rings. The summed E-state index contributed by atoms with van der Waals surface area (Å²) in [6, 6.07) is 1.79. The Morgan fingerprint density at radius 2 is 2.17 bits per heavy atom. The highest BCUT2D eigenvalue weighted by Gasteiger charge is 2.12. The number of nitrogens with two attached hydrogens (primary N) is 1. The first-order valence-corrected chi connectivity index (χ1v) is 5.79. The lowest BCUT2D eigenvalue weighted by Gasteiger charge is -2.11. The number of anilines is 1. The zero-order chi connectivity index (χ0) is 13.4. The Kier molecular flexibility index (Phi) is 2.90. The topological polar surface area (TPSA) is 73.8 Å². The third-order valence-electron chi connectivity index (χ3n) is 2.93. The van der Waals surface area contributed by atoms with Crippen molar-refractivity contribution in [1.82, 2.24) is 14.5 Å². The van der Waals surface area contributed by atoms with Gasteiger partial charge in [-0.1, -0.05) is 6.58 Å². The molecular weight excluding hydrogens is 228 g/mol. The monoisotopic (exact) mass is 244 g/mol. The van der Waals surface area contributed by atoms with E-state index in [4.69, 9.17) is 5.73 Å². The Morgan fingerprint density at radius 1 is 1.50 bits per heavy atom. The molecular formula is C13H16N4O. The average Bonchev–Trinajstić information content (AvgIpc) is 2.27. The maximum absolute atomic E-state index is 12.3. The zero-order valence-corrected chi connectivity index (χ0v) is 10.8. The van der Waals surface area contributed by atoms with Crippen LogP contribution in [-0.2, 0) is 6.54 Å². The van der Waals surface area contributed by atoms with Crippen molar-refractivity contribution >= 4 is 22.6 Å². The number of nitrogen functional groups attached to an aromatic ring is 1. The molecule has 0 saturated heterocycles. The molecule has 18 heavy (non-hydrogen) atoms. The number of hydrogen-bond acceptors (Lipinski definition) is 4. The first kappa shape index (κ1) is 12.3. The second-order valence-corrected chi connectivity index (χ2v) is 4.29. The third-order valence-corrected chi connectivity index (χ3v) is 2.93. The Labute approximate surface area is 105 Å². The highest BCUT2D eigenvalue weighted by molar-refractivity contribution is 5.82. The summed E-state index contributed by atoms with van der Waals surface area (Å²) in [7, 11) is 0. The highest BCUT2D eigenvalue weighted by atomic mass is 16.1. The number of pyridine rings is 1. The molecule has 2 aromatic rings. The quantitative estimate of drug-likeness (QED) is 0.873. The van der Waals surface area contributed by atoms with Gasteiger partial charge in [0.1, 0.15) is 5.65 Å². The Bertz CT molecular complexity index is 700. The van der Waals surface area contributed by atoms with Crippen LogP contribution in [0, 0.1) is 6.92 Å². The van der Waals surface area contributed by atoms with Crippen LogP contribution in [0.2, 0.25) is 0 Å². The SMILES string of the molecule is C=C(C)c1cc2c(C)nc(N)nc2n(CC)c1=O. The molecule has 0 atom stereocenters. The largest absolute Gasteiger partial charge is 0.368 e. The molecule has 5 nitrogen and oxygen atoms in total. The number of fused-ring (bicyclic) bond motifs is 1. The number of hydrogen-bond donors (Lipinski definition) is 1. The summed E-state index contributed by atoms with van der Waals surface area (Å²) in [6.07, 6.45) is 0. The number of allylic oxidation sites excluding steroid dienone is 1. The molecule has 0 spiro atoms. The Morgan fingerprint density at radius 3 is 2.72 bits per heavy atom.